The Morgan fingerprint density at radius 3 is 0.474 bits per heavy atom. The van der Waals surface area contributed by atoms with E-state index in [9.17, 15) is 0 Å². The number of hydrogen-bond donors (Lipinski definition) is 8. The normalized spacial score (nSPS) is 9.58. The molecule has 0 saturated carbocycles. The van der Waals surface area contributed by atoms with Crippen molar-refractivity contribution in [3.63, 3.8) is 0 Å². The number of rotatable bonds is 4. The van der Waals surface area contributed by atoms with Gasteiger partial charge in [-0.3, -0.25) is 0 Å². The van der Waals surface area contributed by atoms with Crippen molar-refractivity contribution >= 4 is 0 Å². The molecule has 0 aliphatic heterocycles. The van der Waals surface area contributed by atoms with E-state index in [2.05, 4.69) is 0 Å². The van der Waals surface area contributed by atoms with Crippen molar-refractivity contribution in [1.82, 2.24) is 0 Å². The van der Waals surface area contributed by atoms with Crippen molar-refractivity contribution in [3.05, 3.63) is 144 Å². The summed E-state index contributed by atoms with van der Waals surface area (Å²) in [5.74, 6) is 0. The van der Waals surface area contributed by atoms with E-state index in [1.807, 2.05) is 24.3 Å². The molecule has 4 aromatic rings. The summed E-state index contributed by atoms with van der Waals surface area (Å²) in [5.41, 5.74) is 2.10. The first-order chi connectivity index (χ1) is 17.2. The first-order valence-electron chi connectivity index (χ1n) is 10.9. The van der Waals surface area contributed by atoms with Crippen LogP contribution in [0, 0.1) is 0 Å². The van der Waals surface area contributed by atoms with E-state index in [0.717, 1.165) is 0 Å². The quantitative estimate of drug-likeness (QED) is 0.146. The Morgan fingerprint density at radius 2 is 0.395 bits per heavy atom. The molecule has 0 fully saturated rings. The Labute approximate surface area is 250 Å². The van der Waals surface area contributed by atoms with Crippen LogP contribution in [0.25, 0.3) is 0 Å². The van der Waals surface area contributed by atoms with E-state index < -0.39 is 25.2 Å². The Kier molecular flexibility index (Phi) is 22.9. The molecule has 4 rings (SSSR count). The van der Waals surface area contributed by atoms with Gasteiger partial charge in [-0.2, -0.15) is 0 Å². The Bertz CT molecular complexity index is 863. The van der Waals surface area contributed by atoms with Gasteiger partial charge in [0, 0.05) is 64.4 Å². The number of aliphatic hydroxyl groups is 8. The average molecular weight is 864 g/mol. The molecule has 0 bridgehead atoms. The van der Waals surface area contributed by atoms with Crippen molar-refractivity contribution in [2.75, 3.05) is 0 Å². The molecule has 4 aromatic carbocycles. The van der Waals surface area contributed by atoms with Crippen LogP contribution in [0.15, 0.2) is 121 Å². The molecule has 8 nitrogen and oxygen atoms in total. The van der Waals surface area contributed by atoms with Gasteiger partial charge in [0.25, 0.3) is 0 Å². The Balaban J connectivity index is 0. The third-order valence-corrected chi connectivity index (χ3v) is 4.39. The summed E-state index contributed by atoms with van der Waals surface area (Å²) in [5, 5.41) is 68.6. The molecule has 10 heteroatoms. The van der Waals surface area contributed by atoms with Crippen molar-refractivity contribution in [2.24, 2.45) is 0 Å². The topological polar surface area (TPSA) is 162 Å². The second kappa shape index (κ2) is 22.9. The molecule has 38 heavy (non-hydrogen) atoms. The molecule has 0 spiro atoms. The summed E-state index contributed by atoms with van der Waals surface area (Å²) in [6.45, 7) is 0. The Hall–Kier alpha value is -2.06. The van der Waals surface area contributed by atoms with E-state index in [0.29, 0.717) is 22.3 Å². The van der Waals surface area contributed by atoms with Gasteiger partial charge in [0.1, 0.15) is 0 Å². The minimum atomic E-state index is -1.34. The largest absolute Gasteiger partial charge is 0.364 e. The zero-order valence-corrected chi connectivity index (χ0v) is 26.1. The zero-order chi connectivity index (χ0) is 26.8. The number of benzene rings is 4. The predicted octanol–water partition coefficient (Wildman–Crippen LogP) is 2.67. The van der Waals surface area contributed by atoms with Gasteiger partial charge in [0.15, 0.2) is 25.2 Å². The zero-order valence-electron chi connectivity index (χ0n) is 20.3. The van der Waals surface area contributed by atoms with Crippen molar-refractivity contribution in [3.8, 4) is 0 Å². The van der Waals surface area contributed by atoms with Gasteiger partial charge in [-0.05, 0) is 0 Å². The van der Waals surface area contributed by atoms with E-state index in [-0.39, 0.29) is 42.1 Å². The minimum absolute atomic E-state index is 0. The maximum absolute atomic E-state index is 8.58. The van der Waals surface area contributed by atoms with E-state index in [1.54, 1.807) is 97.1 Å². The van der Waals surface area contributed by atoms with Gasteiger partial charge in [-0.15, -0.1) is 0 Å². The van der Waals surface area contributed by atoms with E-state index in [1.165, 1.54) is 0 Å². The van der Waals surface area contributed by atoms with Crippen LogP contribution in [0.2, 0.25) is 0 Å². The van der Waals surface area contributed by atoms with Gasteiger partial charge in [-0.25, -0.2) is 0 Å². The summed E-state index contributed by atoms with van der Waals surface area (Å²) >= 11 is 0. The molecule has 0 saturated heterocycles. The molecule has 0 aliphatic rings. The summed E-state index contributed by atoms with van der Waals surface area (Å²) in [6.07, 6.45) is -5.37. The average Bonchev–Trinajstić information content (AvgIpc) is 2.92. The van der Waals surface area contributed by atoms with Crippen molar-refractivity contribution in [2.45, 2.75) is 25.2 Å². The van der Waals surface area contributed by atoms with Crippen LogP contribution in [-0.4, -0.2) is 40.9 Å². The van der Waals surface area contributed by atoms with Gasteiger partial charge >= 0.3 is 0 Å². The summed E-state index contributed by atoms with van der Waals surface area (Å²) in [7, 11) is 0. The van der Waals surface area contributed by atoms with E-state index >= 15 is 0 Å². The summed E-state index contributed by atoms with van der Waals surface area (Å²) in [6, 6.07) is 34.6. The molecule has 0 radical (unpaired) electrons. The molecule has 0 amide bonds. The maximum atomic E-state index is 8.58. The molecular weight excluding hydrogens is 832 g/mol. The van der Waals surface area contributed by atoms with Crippen molar-refractivity contribution < 1.29 is 83.0 Å². The molecule has 0 unspecified atom stereocenters. The van der Waals surface area contributed by atoms with Gasteiger partial charge in [0.05, 0.1) is 0 Å². The molecule has 0 aliphatic carbocycles. The first-order valence-corrected chi connectivity index (χ1v) is 10.9. The summed E-state index contributed by atoms with van der Waals surface area (Å²) in [4.78, 5) is 0. The smallest absolute Gasteiger partial charge is 0.178 e. The summed E-state index contributed by atoms with van der Waals surface area (Å²) < 4.78 is 0. The first kappa shape index (κ1) is 38.1. The number of hydrogen-bond acceptors (Lipinski definition) is 8. The van der Waals surface area contributed by atoms with Gasteiger partial charge < -0.3 is 40.9 Å². The molecule has 0 aromatic heterocycles. The van der Waals surface area contributed by atoms with Crippen LogP contribution in [0.1, 0.15) is 47.4 Å². The number of aliphatic hydroxyl groups excluding tert-OH is 4. The monoisotopic (exact) mass is 864 g/mol. The van der Waals surface area contributed by atoms with Crippen LogP contribution < -0.4 is 0 Å². The Morgan fingerprint density at radius 1 is 0.263 bits per heavy atom. The second-order valence-corrected chi connectivity index (χ2v) is 7.14. The molecule has 0 heterocycles. The van der Waals surface area contributed by atoms with Gasteiger partial charge in [0.2, 0.25) is 0 Å². The van der Waals surface area contributed by atoms with Gasteiger partial charge in [-0.1, -0.05) is 121 Å². The predicted molar refractivity (Wildman–Crippen MR) is 134 cm³/mol. The third-order valence-electron chi connectivity index (χ3n) is 4.39. The maximum Gasteiger partial charge on any atom is 0.178 e. The fourth-order valence-corrected chi connectivity index (χ4v) is 2.50. The van der Waals surface area contributed by atoms with Crippen LogP contribution in [-0.2, 0) is 42.1 Å². The van der Waals surface area contributed by atoms with Crippen LogP contribution in [0.5, 0.6) is 0 Å². The third kappa shape index (κ3) is 17.4. The standard InChI is InChI=1S/4C7H8O2.2W/c4*8-7(9)6-4-2-1-3-5-6;;/h4*1-5,7-9H;;. The fourth-order valence-electron chi connectivity index (χ4n) is 2.50. The SMILES string of the molecule is OC(O)c1ccccc1.OC(O)c1ccccc1.OC(O)c1ccccc1.OC(O)c1ccccc1.[W].[W]. The second-order valence-electron chi connectivity index (χ2n) is 7.14. The molecular formula is C28H32O8W2. The van der Waals surface area contributed by atoms with Crippen molar-refractivity contribution in [1.29, 1.82) is 0 Å². The fraction of sp³-hybridized carbons (Fsp3) is 0.143. The molecule has 0 atom stereocenters. The molecule has 8 N–H and O–H groups in total. The van der Waals surface area contributed by atoms with Crippen LogP contribution in [0.3, 0.4) is 0 Å². The minimum Gasteiger partial charge on any atom is -0.364 e. The van der Waals surface area contributed by atoms with Crippen LogP contribution in [0.4, 0.5) is 0 Å². The van der Waals surface area contributed by atoms with Crippen LogP contribution >= 0.6 is 0 Å². The molecule has 204 valence electrons. The van der Waals surface area contributed by atoms with E-state index in [4.69, 9.17) is 40.9 Å².